The summed E-state index contributed by atoms with van der Waals surface area (Å²) in [6.07, 6.45) is 3.41. The van der Waals surface area contributed by atoms with Crippen LogP contribution in [0.2, 0.25) is 0 Å². The predicted octanol–water partition coefficient (Wildman–Crippen LogP) is 3.09. The van der Waals surface area contributed by atoms with E-state index in [0.717, 1.165) is 23.6 Å². The lowest BCUT2D eigenvalue weighted by Gasteiger charge is -2.05. The molecule has 1 aromatic rings. The highest BCUT2D eigenvalue weighted by atomic mass is 32.2. The molecule has 1 aromatic carbocycles. The molecule has 0 atom stereocenters. The van der Waals surface area contributed by atoms with Crippen LogP contribution in [0.4, 0.5) is 0 Å². The molecule has 0 unspecified atom stereocenters. The molecule has 1 amide bonds. The number of rotatable bonds is 8. The quantitative estimate of drug-likeness (QED) is 0.581. The second-order valence-corrected chi connectivity index (χ2v) is 5.07. The number of thioether (sulfide) groups is 1. The Labute approximate surface area is 113 Å². The maximum Gasteiger partial charge on any atom is 0.230 e. The number of methoxy groups -OCH3 is 1. The molecule has 0 aliphatic heterocycles. The summed E-state index contributed by atoms with van der Waals surface area (Å²) in [5, 5.41) is 2.93. The fourth-order valence-corrected chi connectivity index (χ4v) is 2.27. The first-order valence-electron chi connectivity index (χ1n) is 6.29. The Morgan fingerprint density at radius 1 is 1.39 bits per heavy atom. The van der Waals surface area contributed by atoms with Crippen LogP contribution in [0.15, 0.2) is 29.2 Å². The van der Waals surface area contributed by atoms with Gasteiger partial charge < -0.3 is 10.1 Å². The molecule has 1 N–H and O–H groups in total. The van der Waals surface area contributed by atoms with Crippen LogP contribution in [0.5, 0.6) is 5.75 Å². The second-order valence-electron chi connectivity index (χ2n) is 4.02. The fraction of sp³-hybridized carbons (Fsp3) is 0.500. The number of nitrogens with one attached hydrogen (secondary N) is 1. The standard InChI is InChI=1S/C14H21NO2S/c1-3-4-5-9-15-14(16)11-18-13-8-6-7-12(10-13)17-2/h6-8,10H,3-5,9,11H2,1-2H3,(H,15,16). The number of ether oxygens (including phenoxy) is 1. The van der Waals surface area contributed by atoms with E-state index in [4.69, 9.17) is 4.74 Å². The van der Waals surface area contributed by atoms with Crippen molar-refractivity contribution in [3.05, 3.63) is 24.3 Å². The van der Waals surface area contributed by atoms with Crippen molar-refractivity contribution in [3.8, 4) is 5.75 Å². The SMILES string of the molecule is CCCCCNC(=O)CSc1cccc(OC)c1. The minimum atomic E-state index is 0.0962. The van der Waals surface area contributed by atoms with Gasteiger partial charge >= 0.3 is 0 Å². The van der Waals surface area contributed by atoms with Crippen LogP contribution in [-0.4, -0.2) is 25.3 Å². The number of unbranched alkanes of at least 4 members (excludes halogenated alkanes) is 2. The van der Waals surface area contributed by atoms with Gasteiger partial charge in [0, 0.05) is 11.4 Å². The average molecular weight is 267 g/mol. The van der Waals surface area contributed by atoms with E-state index in [-0.39, 0.29) is 5.91 Å². The minimum Gasteiger partial charge on any atom is -0.497 e. The summed E-state index contributed by atoms with van der Waals surface area (Å²) in [5.41, 5.74) is 0. The number of carbonyl (C=O) groups is 1. The molecule has 18 heavy (non-hydrogen) atoms. The van der Waals surface area contributed by atoms with Gasteiger partial charge in [-0.15, -0.1) is 11.8 Å². The number of amides is 1. The topological polar surface area (TPSA) is 38.3 Å². The molecule has 0 radical (unpaired) electrons. The van der Waals surface area contributed by atoms with Crippen LogP contribution >= 0.6 is 11.8 Å². The van der Waals surface area contributed by atoms with E-state index < -0.39 is 0 Å². The normalized spacial score (nSPS) is 10.1. The lowest BCUT2D eigenvalue weighted by molar-refractivity contribution is -0.118. The molecule has 1 rings (SSSR count). The number of hydrogen-bond acceptors (Lipinski definition) is 3. The third-order valence-corrected chi connectivity index (χ3v) is 3.51. The van der Waals surface area contributed by atoms with Gasteiger partial charge in [-0.2, -0.15) is 0 Å². The zero-order chi connectivity index (χ0) is 13.2. The fourth-order valence-electron chi connectivity index (χ4n) is 1.49. The van der Waals surface area contributed by atoms with Gasteiger partial charge in [0.1, 0.15) is 5.75 Å². The zero-order valence-electron chi connectivity index (χ0n) is 11.1. The van der Waals surface area contributed by atoms with Gasteiger partial charge in [-0.3, -0.25) is 4.79 Å². The molecular weight excluding hydrogens is 246 g/mol. The smallest absolute Gasteiger partial charge is 0.230 e. The number of carbonyl (C=O) groups excluding carboxylic acids is 1. The molecule has 100 valence electrons. The highest BCUT2D eigenvalue weighted by Gasteiger charge is 2.02. The van der Waals surface area contributed by atoms with Crippen LogP contribution in [0.25, 0.3) is 0 Å². The number of benzene rings is 1. The summed E-state index contributed by atoms with van der Waals surface area (Å²) >= 11 is 1.53. The van der Waals surface area contributed by atoms with Crippen molar-refractivity contribution in [2.75, 3.05) is 19.4 Å². The molecule has 0 aromatic heterocycles. The minimum absolute atomic E-state index is 0.0962. The summed E-state index contributed by atoms with van der Waals surface area (Å²) in [6, 6.07) is 7.75. The molecule has 0 spiro atoms. The monoisotopic (exact) mass is 267 g/mol. The predicted molar refractivity (Wildman–Crippen MR) is 76.3 cm³/mol. The van der Waals surface area contributed by atoms with Gasteiger partial charge in [0.15, 0.2) is 0 Å². The molecule has 0 saturated carbocycles. The molecule has 0 saturated heterocycles. The van der Waals surface area contributed by atoms with E-state index in [2.05, 4.69) is 12.2 Å². The van der Waals surface area contributed by atoms with Crippen molar-refractivity contribution < 1.29 is 9.53 Å². The van der Waals surface area contributed by atoms with Crippen molar-refractivity contribution in [2.45, 2.75) is 31.1 Å². The van der Waals surface area contributed by atoms with Gasteiger partial charge in [-0.05, 0) is 24.6 Å². The van der Waals surface area contributed by atoms with Crippen molar-refractivity contribution in [1.29, 1.82) is 0 Å². The van der Waals surface area contributed by atoms with E-state index in [1.54, 1.807) is 7.11 Å². The van der Waals surface area contributed by atoms with Crippen LogP contribution in [0.3, 0.4) is 0 Å². The van der Waals surface area contributed by atoms with Gasteiger partial charge in [0.25, 0.3) is 0 Å². The highest BCUT2D eigenvalue weighted by molar-refractivity contribution is 8.00. The Hall–Kier alpha value is -1.16. The third kappa shape index (κ3) is 5.96. The summed E-state index contributed by atoms with van der Waals surface area (Å²) < 4.78 is 5.14. The average Bonchev–Trinajstić information content (AvgIpc) is 2.41. The largest absolute Gasteiger partial charge is 0.497 e. The Balaban J connectivity index is 2.24. The van der Waals surface area contributed by atoms with E-state index >= 15 is 0 Å². The zero-order valence-corrected chi connectivity index (χ0v) is 11.9. The third-order valence-electron chi connectivity index (χ3n) is 2.51. The summed E-state index contributed by atoms with van der Waals surface area (Å²) in [7, 11) is 1.64. The second kappa shape index (κ2) is 8.86. The van der Waals surface area contributed by atoms with E-state index in [1.807, 2.05) is 24.3 Å². The first-order valence-corrected chi connectivity index (χ1v) is 7.28. The van der Waals surface area contributed by atoms with Gasteiger partial charge in [0.05, 0.1) is 12.9 Å². The molecule has 0 bridgehead atoms. The summed E-state index contributed by atoms with van der Waals surface area (Å²) in [4.78, 5) is 12.6. The van der Waals surface area contributed by atoms with E-state index in [1.165, 1.54) is 24.6 Å². The molecule has 4 heteroatoms. The highest BCUT2D eigenvalue weighted by Crippen LogP contribution is 2.22. The van der Waals surface area contributed by atoms with Gasteiger partial charge in [0.2, 0.25) is 5.91 Å². The maximum atomic E-state index is 11.6. The summed E-state index contributed by atoms with van der Waals surface area (Å²) in [6.45, 7) is 2.94. The van der Waals surface area contributed by atoms with Crippen LogP contribution in [0, 0.1) is 0 Å². The Bertz CT molecular complexity index is 369. The van der Waals surface area contributed by atoms with Crippen molar-refractivity contribution in [2.24, 2.45) is 0 Å². The number of hydrogen-bond donors (Lipinski definition) is 1. The Kier molecular flexibility index (Phi) is 7.34. The first kappa shape index (κ1) is 14.9. The molecule has 0 aliphatic rings. The van der Waals surface area contributed by atoms with Crippen molar-refractivity contribution in [1.82, 2.24) is 5.32 Å². The Morgan fingerprint density at radius 2 is 2.22 bits per heavy atom. The molecule has 3 nitrogen and oxygen atoms in total. The van der Waals surface area contributed by atoms with Crippen LogP contribution in [0.1, 0.15) is 26.2 Å². The molecule has 0 heterocycles. The lowest BCUT2D eigenvalue weighted by atomic mass is 10.2. The Morgan fingerprint density at radius 3 is 2.94 bits per heavy atom. The van der Waals surface area contributed by atoms with Gasteiger partial charge in [-0.25, -0.2) is 0 Å². The maximum absolute atomic E-state index is 11.6. The van der Waals surface area contributed by atoms with Gasteiger partial charge in [-0.1, -0.05) is 25.8 Å². The van der Waals surface area contributed by atoms with E-state index in [9.17, 15) is 4.79 Å². The molecular formula is C14H21NO2S. The summed E-state index contributed by atoms with van der Waals surface area (Å²) in [5.74, 6) is 1.38. The molecule has 0 aliphatic carbocycles. The lowest BCUT2D eigenvalue weighted by Crippen LogP contribution is -2.26. The van der Waals surface area contributed by atoms with Crippen molar-refractivity contribution in [3.63, 3.8) is 0 Å². The first-order chi connectivity index (χ1) is 8.76. The van der Waals surface area contributed by atoms with Crippen LogP contribution < -0.4 is 10.1 Å². The van der Waals surface area contributed by atoms with Crippen molar-refractivity contribution >= 4 is 17.7 Å². The van der Waals surface area contributed by atoms with E-state index in [0.29, 0.717) is 5.75 Å². The molecule has 0 fully saturated rings. The van der Waals surface area contributed by atoms with Crippen LogP contribution in [-0.2, 0) is 4.79 Å².